The van der Waals surface area contributed by atoms with Gasteiger partial charge in [0.25, 0.3) is 0 Å². The Morgan fingerprint density at radius 1 is 1.56 bits per heavy atom. The highest BCUT2D eigenvalue weighted by atomic mass is 16.5. The van der Waals surface area contributed by atoms with E-state index in [1.165, 1.54) is 6.92 Å². The van der Waals surface area contributed by atoms with E-state index in [1.807, 2.05) is 11.6 Å². The Kier molecular flexibility index (Phi) is 6.36. The lowest BCUT2D eigenvalue weighted by Crippen LogP contribution is -2.44. The van der Waals surface area contributed by atoms with Crippen LogP contribution in [0.25, 0.3) is 0 Å². The first-order valence-corrected chi connectivity index (χ1v) is 4.98. The summed E-state index contributed by atoms with van der Waals surface area (Å²) in [5, 5.41) is 17.2. The molecule has 0 rings (SSSR count). The minimum atomic E-state index is -1.18. The molecule has 0 aromatic rings. The van der Waals surface area contributed by atoms with Gasteiger partial charge in [-0.05, 0) is 26.7 Å². The van der Waals surface area contributed by atoms with Crippen molar-refractivity contribution in [3.05, 3.63) is 12.2 Å². The van der Waals surface area contributed by atoms with E-state index in [9.17, 15) is 4.79 Å². The molecular formula is C10H19N3O3. The second kappa shape index (κ2) is 6.97. The van der Waals surface area contributed by atoms with Gasteiger partial charge in [-0.3, -0.25) is 20.5 Å². The van der Waals surface area contributed by atoms with Crippen LogP contribution in [0.1, 0.15) is 26.7 Å². The summed E-state index contributed by atoms with van der Waals surface area (Å²) < 4.78 is 0. The van der Waals surface area contributed by atoms with Gasteiger partial charge in [0.1, 0.15) is 11.4 Å². The van der Waals surface area contributed by atoms with Crippen LogP contribution in [0.5, 0.6) is 0 Å². The van der Waals surface area contributed by atoms with Gasteiger partial charge in [-0.2, -0.15) is 0 Å². The molecule has 0 aliphatic carbocycles. The molecule has 0 aromatic carbocycles. The Bertz CT molecular complexity index is 285. The quantitative estimate of drug-likeness (QED) is 0.230. The molecule has 0 aromatic heterocycles. The molecule has 0 radical (unpaired) electrons. The second-order valence-corrected chi connectivity index (χ2v) is 3.77. The zero-order valence-electron chi connectivity index (χ0n) is 9.60. The number of hydroxylamine groups is 1. The minimum absolute atomic E-state index is 0.375. The van der Waals surface area contributed by atoms with E-state index in [1.54, 1.807) is 13.0 Å². The van der Waals surface area contributed by atoms with Crippen LogP contribution in [0.4, 0.5) is 0 Å². The van der Waals surface area contributed by atoms with Crippen molar-refractivity contribution < 1.29 is 15.1 Å². The predicted molar refractivity (Wildman–Crippen MR) is 61.5 cm³/mol. The fraction of sp³-hybridized carbons (Fsp3) is 0.600. The monoisotopic (exact) mass is 229 g/mol. The molecule has 0 bridgehead atoms. The standard InChI is InChI=1S/C10H19N3O3/c1-8(13-16)12-7-5-3-4-6-10(2,11)9(14)15/h3,5,16H,4,6-7,11H2,1-2H3,(H,12,13)(H,14,15). The number of hydrogen-bond acceptors (Lipinski definition) is 4. The lowest BCUT2D eigenvalue weighted by molar-refractivity contribution is -0.142. The second-order valence-electron chi connectivity index (χ2n) is 3.77. The molecule has 0 amide bonds. The molecule has 6 heteroatoms. The summed E-state index contributed by atoms with van der Waals surface area (Å²) in [6.45, 7) is 3.56. The van der Waals surface area contributed by atoms with Crippen LogP contribution in [0.15, 0.2) is 17.1 Å². The first-order chi connectivity index (χ1) is 7.40. The number of allylic oxidation sites excluding steroid dienone is 1. The molecule has 1 unspecified atom stereocenters. The maximum atomic E-state index is 10.7. The highest BCUT2D eigenvalue weighted by Gasteiger charge is 2.26. The first kappa shape index (κ1) is 14.6. The van der Waals surface area contributed by atoms with E-state index in [0.717, 1.165) is 0 Å². The van der Waals surface area contributed by atoms with Gasteiger partial charge < -0.3 is 10.8 Å². The average molecular weight is 229 g/mol. The number of carboxylic acid groups (broad SMARTS) is 1. The van der Waals surface area contributed by atoms with Crippen molar-refractivity contribution in [2.45, 2.75) is 32.2 Å². The Morgan fingerprint density at radius 2 is 2.19 bits per heavy atom. The van der Waals surface area contributed by atoms with Crippen LogP contribution in [0.3, 0.4) is 0 Å². The van der Waals surface area contributed by atoms with E-state index >= 15 is 0 Å². The molecule has 5 N–H and O–H groups in total. The van der Waals surface area contributed by atoms with Crippen molar-refractivity contribution in [3.63, 3.8) is 0 Å². The molecular weight excluding hydrogens is 210 g/mol. The molecule has 6 nitrogen and oxygen atoms in total. The van der Waals surface area contributed by atoms with Crippen molar-refractivity contribution in [3.8, 4) is 0 Å². The van der Waals surface area contributed by atoms with Gasteiger partial charge in [0.2, 0.25) is 0 Å². The number of nitrogens with two attached hydrogens (primary N) is 1. The fourth-order valence-electron chi connectivity index (χ4n) is 0.907. The first-order valence-electron chi connectivity index (χ1n) is 4.98. The van der Waals surface area contributed by atoms with Crippen LogP contribution in [-0.4, -0.2) is 34.2 Å². The summed E-state index contributed by atoms with van der Waals surface area (Å²) >= 11 is 0. The molecule has 0 aliphatic rings. The van der Waals surface area contributed by atoms with Crippen LogP contribution >= 0.6 is 0 Å². The van der Waals surface area contributed by atoms with Crippen LogP contribution < -0.4 is 11.2 Å². The lowest BCUT2D eigenvalue weighted by atomic mass is 9.97. The molecule has 92 valence electrons. The highest BCUT2D eigenvalue weighted by molar-refractivity contribution is 5.78. The van der Waals surface area contributed by atoms with Gasteiger partial charge in [0.05, 0.1) is 6.54 Å². The maximum Gasteiger partial charge on any atom is 0.323 e. The number of aliphatic imine (C=N–C) groups is 1. The van der Waals surface area contributed by atoms with Crippen molar-refractivity contribution in [2.24, 2.45) is 10.7 Å². The van der Waals surface area contributed by atoms with Crippen LogP contribution in [0.2, 0.25) is 0 Å². The van der Waals surface area contributed by atoms with Crippen molar-refractivity contribution in [2.75, 3.05) is 6.54 Å². The Hall–Kier alpha value is -1.40. The summed E-state index contributed by atoms with van der Waals surface area (Å²) in [5.74, 6) is -0.571. The third kappa shape index (κ3) is 6.15. The molecule has 0 fully saturated rings. The number of amidine groups is 1. The third-order valence-electron chi connectivity index (χ3n) is 2.08. The van der Waals surface area contributed by atoms with E-state index in [0.29, 0.717) is 25.2 Å². The number of carbonyl (C=O) groups is 1. The van der Waals surface area contributed by atoms with Crippen molar-refractivity contribution in [1.82, 2.24) is 5.48 Å². The summed E-state index contributed by atoms with van der Waals surface area (Å²) in [7, 11) is 0. The van der Waals surface area contributed by atoms with E-state index in [2.05, 4.69) is 4.99 Å². The molecule has 0 saturated carbocycles. The average Bonchev–Trinajstić information content (AvgIpc) is 2.22. The topological polar surface area (TPSA) is 108 Å². The van der Waals surface area contributed by atoms with E-state index in [4.69, 9.17) is 16.0 Å². The lowest BCUT2D eigenvalue weighted by Gasteiger charge is -2.17. The van der Waals surface area contributed by atoms with Crippen molar-refractivity contribution in [1.29, 1.82) is 0 Å². The van der Waals surface area contributed by atoms with Gasteiger partial charge >= 0.3 is 5.97 Å². The number of nitrogens with one attached hydrogen (secondary N) is 1. The van der Waals surface area contributed by atoms with Gasteiger partial charge in [-0.25, -0.2) is 0 Å². The van der Waals surface area contributed by atoms with Crippen LogP contribution in [0, 0.1) is 0 Å². The van der Waals surface area contributed by atoms with Gasteiger partial charge in [-0.1, -0.05) is 12.2 Å². The zero-order valence-corrected chi connectivity index (χ0v) is 9.60. The predicted octanol–water partition coefficient (Wildman–Crippen LogP) is 0.522. The molecule has 1 atom stereocenters. The number of hydrogen-bond donors (Lipinski definition) is 4. The normalized spacial score (nSPS) is 16.1. The summed E-state index contributed by atoms with van der Waals surface area (Å²) in [4.78, 5) is 14.6. The van der Waals surface area contributed by atoms with Gasteiger partial charge in [-0.15, -0.1) is 0 Å². The number of aliphatic carboxylic acids is 1. The molecule has 0 aliphatic heterocycles. The number of nitrogens with zero attached hydrogens (tertiary/aromatic N) is 1. The summed E-state index contributed by atoms with van der Waals surface area (Å²) in [5.41, 5.74) is 6.27. The van der Waals surface area contributed by atoms with E-state index in [-0.39, 0.29) is 0 Å². The fourth-order valence-corrected chi connectivity index (χ4v) is 0.907. The minimum Gasteiger partial charge on any atom is -0.480 e. The van der Waals surface area contributed by atoms with E-state index < -0.39 is 11.5 Å². The maximum absolute atomic E-state index is 10.7. The molecule has 0 heterocycles. The third-order valence-corrected chi connectivity index (χ3v) is 2.08. The number of rotatable bonds is 6. The van der Waals surface area contributed by atoms with Crippen molar-refractivity contribution >= 4 is 11.8 Å². The highest BCUT2D eigenvalue weighted by Crippen LogP contribution is 2.09. The largest absolute Gasteiger partial charge is 0.480 e. The molecule has 0 spiro atoms. The zero-order chi connectivity index (χ0) is 12.6. The molecule has 0 saturated heterocycles. The van der Waals surface area contributed by atoms with Crippen LogP contribution in [-0.2, 0) is 4.79 Å². The van der Waals surface area contributed by atoms with Gasteiger partial charge in [0.15, 0.2) is 0 Å². The Balaban J connectivity index is 3.83. The Morgan fingerprint density at radius 3 is 2.69 bits per heavy atom. The number of carboxylic acids is 1. The SMILES string of the molecule is CC(=NCC=CCCC(C)(N)C(=O)O)NO. The Labute approximate surface area is 94.8 Å². The summed E-state index contributed by atoms with van der Waals surface area (Å²) in [6, 6.07) is 0. The smallest absolute Gasteiger partial charge is 0.323 e. The molecule has 16 heavy (non-hydrogen) atoms. The van der Waals surface area contributed by atoms with Gasteiger partial charge in [0, 0.05) is 0 Å². The summed E-state index contributed by atoms with van der Waals surface area (Å²) in [6.07, 6.45) is 4.57.